The first-order valence-corrected chi connectivity index (χ1v) is 14.3. The third kappa shape index (κ3) is 17.4. The Morgan fingerprint density at radius 1 is 0.976 bits per heavy atom. The highest BCUT2D eigenvalue weighted by molar-refractivity contribution is 9.10. The molecule has 0 radical (unpaired) electrons. The van der Waals surface area contributed by atoms with Crippen LogP contribution in [0, 0.1) is 24.5 Å². The molecule has 0 aromatic heterocycles. The summed E-state index contributed by atoms with van der Waals surface area (Å²) in [5.74, 6) is -1.96. The summed E-state index contributed by atoms with van der Waals surface area (Å²) in [5.41, 5.74) is 0.868. The lowest BCUT2D eigenvalue weighted by atomic mass is 9.97. The number of aliphatic hydroxyl groups excluding tert-OH is 1. The summed E-state index contributed by atoms with van der Waals surface area (Å²) in [6.45, 7) is 9.40. The number of carbonyl (C=O) groups excluding carboxylic acids is 3. The lowest BCUT2D eigenvalue weighted by Crippen LogP contribution is -2.44. The van der Waals surface area contributed by atoms with Gasteiger partial charge >= 0.3 is 6.09 Å². The van der Waals surface area contributed by atoms with Crippen LogP contribution in [0.3, 0.4) is 0 Å². The van der Waals surface area contributed by atoms with Crippen molar-refractivity contribution >= 4 is 33.8 Å². The summed E-state index contributed by atoms with van der Waals surface area (Å²) in [6.07, 6.45) is -0.507. The molecule has 228 valence electrons. The minimum absolute atomic E-state index is 0.156. The fourth-order valence-corrected chi connectivity index (χ4v) is 3.73. The Morgan fingerprint density at radius 3 is 2.17 bits per heavy atom. The molecule has 0 aliphatic rings. The predicted octanol–water partition coefficient (Wildman–Crippen LogP) is 5.19. The fraction of sp³-hybridized carbons (Fsp3) is 0.500. The highest BCUT2D eigenvalue weighted by Crippen LogP contribution is 2.16. The van der Waals surface area contributed by atoms with E-state index in [1.807, 2.05) is 12.1 Å². The Bertz CT molecular complexity index is 1090. The van der Waals surface area contributed by atoms with E-state index < -0.39 is 35.3 Å². The fourth-order valence-electron chi connectivity index (χ4n) is 3.46. The molecule has 0 saturated heterocycles. The quantitative estimate of drug-likeness (QED) is 0.238. The number of hydrogen-bond donors (Lipinski definition) is 4. The van der Waals surface area contributed by atoms with Gasteiger partial charge in [0.05, 0.1) is 6.54 Å². The van der Waals surface area contributed by atoms with Crippen LogP contribution in [0.1, 0.15) is 58.1 Å². The van der Waals surface area contributed by atoms with Crippen LogP contribution in [0.4, 0.5) is 13.6 Å². The monoisotopic (exact) mass is 641 g/mol. The number of rotatable bonds is 12. The highest BCUT2D eigenvalue weighted by Gasteiger charge is 2.19. The summed E-state index contributed by atoms with van der Waals surface area (Å²) in [6, 6.07) is 11.5. The minimum Gasteiger partial charge on any atom is -0.444 e. The van der Waals surface area contributed by atoms with Crippen LogP contribution < -0.4 is 16.0 Å². The number of amides is 3. The standard InChI is InChI=1S/C23H35F2N3O5.C7H7Br/c1-15(11-16-13-17(24)7-8-18(16)25)12-20(30)26-9-5-6-10-27-21(31)19(29)14-28-22(32)33-23(2,3)4;1-6-2-4-7(8)5-3-6/h7-8,13,15,19,29H,5-6,9-12,14H2,1-4H3,(H,26,30)(H,27,31)(H,28,32);2-5H,1H3/t15?,19-;/m0./s1. The number of nitrogens with one attached hydrogen (secondary N) is 3. The first kappa shape index (κ1) is 36.0. The Labute approximate surface area is 249 Å². The molecule has 2 aromatic carbocycles. The molecule has 0 aliphatic heterocycles. The smallest absolute Gasteiger partial charge is 0.407 e. The molecule has 0 fully saturated rings. The van der Waals surface area contributed by atoms with Crippen molar-refractivity contribution in [1.82, 2.24) is 16.0 Å². The first-order valence-electron chi connectivity index (χ1n) is 13.5. The van der Waals surface area contributed by atoms with Crippen molar-refractivity contribution in [2.75, 3.05) is 19.6 Å². The molecule has 2 atom stereocenters. The zero-order valence-corrected chi connectivity index (χ0v) is 25.9. The van der Waals surface area contributed by atoms with Gasteiger partial charge in [0, 0.05) is 24.0 Å². The summed E-state index contributed by atoms with van der Waals surface area (Å²) in [4.78, 5) is 35.4. The molecule has 8 nitrogen and oxygen atoms in total. The highest BCUT2D eigenvalue weighted by atomic mass is 79.9. The van der Waals surface area contributed by atoms with E-state index in [1.54, 1.807) is 27.7 Å². The van der Waals surface area contributed by atoms with Gasteiger partial charge in [-0.25, -0.2) is 13.6 Å². The lowest BCUT2D eigenvalue weighted by molar-refractivity contribution is -0.129. The summed E-state index contributed by atoms with van der Waals surface area (Å²) < 4.78 is 33.1. The second kappa shape index (κ2) is 18.4. The van der Waals surface area contributed by atoms with Gasteiger partial charge in [0.1, 0.15) is 23.3 Å². The Balaban J connectivity index is 0.000000895. The summed E-state index contributed by atoms with van der Waals surface area (Å²) in [5, 5.41) is 17.4. The van der Waals surface area contributed by atoms with E-state index in [9.17, 15) is 28.3 Å². The van der Waals surface area contributed by atoms with E-state index in [2.05, 4.69) is 50.9 Å². The van der Waals surface area contributed by atoms with Crippen molar-refractivity contribution in [1.29, 1.82) is 0 Å². The van der Waals surface area contributed by atoms with Crippen molar-refractivity contribution in [2.45, 2.75) is 72.0 Å². The maximum atomic E-state index is 13.7. The van der Waals surface area contributed by atoms with Gasteiger partial charge in [-0.1, -0.05) is 40.5 Å². The Morgan fingerprint density at radius 2 is 1.59 bits per heavy atom. The van der Waals surface area contributed by atoms with Crippen molar-refractivity contribution in [3.05, 3.63) is 69.7 Å². The van der Waals surface area contributed by atoms with Gasteiger partial charge in [0.2, 0.25) is 5.91 Å². The van der Waals surface area contributed by atoms with Crippen molar-refractivity contribution in [2.24, 2.45) is 5.92 Å². The molecule has 4 N–H and O–H groups in total. The van der Waals surface area contributed by atoms with Crippen LogP contribution in [0.25, 0.3) is 0 Å². The third-order valence-electron chi connectivity index (χ3n) is 5.49. The molecule has 1 unspecified atom stereocenters. The van der Waals surface area contributed by atoms with Crippen LogP contribution in [-0.2, 0) is 20.7 Å². The number of aryl methyl sites for hydroxylation is 1. The number of hydrogen-bond acceptors (Lipinski definition) is 5. The van der Waals surface area contributed by atoms with Gasteiger partial charge < -0.3 is 25.8 Å². The van der Waals surface area contributed by atoms with Gasteiger partial charge in [-0.2, -0.15) is 0 Å². The molecule has 2 aromatic rings. The molecule has 41 heavy (non-hydrogen) atoms. The van der Waals surface area contributed by atoms with Crippen LogP contribution >= 0.6 is 15.9 Å². The molecular weight excluding hydrogens is 600 g/mol. The zero-order chi connectivity index (χ0) is 31.0. The number of ether oxygens (including phenoxy) is 1. The van der Waals surface area contributed by atoms with Crippen LogP contribution in [0.2, 0.25) is 0 Å². The summed E-state index contributed by atoms with van der Waals surface area (Å²) in [7, 11) is 0. The van der Waals surface area contributed by atoms with E-state index >= 15 is 0 Å². The molecule has 0 aliphatic carbocycles. The van der Waals surface area contributed by atoms with Gasteiger partial charge in [-0.05, 0) is 88.8 Å². The number of aliphatic hydroxyl groups is 1. The minimum atomic E-state index is -1.40. The molecule has 0 heterocycles. The van der Waals surface area contributed by atoms with Gasteiger partial charge in [0.15, 0.2) is 0 Å². The van der Waals surface area contributed by atoms with E-state index in [-0.39, 0.29) is 36.8 Å². The average Bonchev–Trinajstić information content (AvgIpc) is 2.87. The number of benzene rings is 2. The zero-order valence-electron chi connectivity index (χ0n) is 24.4. The van der Waals surface area contributed by atoms with E-state index in [0.29, 0.717) is 25.9 Å². The first-order chi connectivity index (χ1) is 19.2. The largest absolute Gasteiger partial charge is 0.444 e. The van der Waals surface area contributed by atoms with Crippen molar-refractivity contribution in [3.8, 4) is 0 Å². The van der Waals surface area contributed by atoms with E-state index in [0.717, 1.165) is 22.7 Å². The van der Waals surface area contributed by atoms with Crippen LogP contribution in [0.5, 0.6) is 0 Å². The SMILES string of the molecule is CC(CC(=O)NCCCCNC(=O)[C@@H](O)CNC(=O)OC(C)(C)C)Cc1cc(F)ccc1F.Cc1ccc(Br)cc1. The number of carbonyl (C=O) groups is 3. The summed E-state index contributed by atoms with van der Waals surface area (Å²) >= 11 is 3.35. The molecule has 0 saturated carbocycles. The molecule has 11 heteroatoms. The number of alkyl carbamates (subject to hydrolysis) is 1. The predicted molar refractivity (Wildman–Crippen MR) is 158 cm³/mol. The average molecular weight is 643 g/mol. The molecule has 0 bridgehead atoms. The molecular formula is C30H42BrF2N3O5. The Kier molecular flexibility index (Phi) is 16.1. The van der Waals surface area contributed by atoms with Crippen LogP contribution in [0.15, 0.2) is 46.9 Å². The van der Waals surface area contributed by atoms with Gasteiger partial charge in [0.25, 0.3) is 5.91 Å². The number of halogens is 3. The number of unbranched alkanes of at least 4 members (excludes halogenated alkanes) is 1. The third-order valence-corrected chi connectivity index (χ3v) is 6.02. The van der Waals surface area contributed by atoms with E-state index in [1.165, 1.54) is 5.56 Å². The molecule has 3 amide bonds. The lowest BCUT2D eigenvalue weighted by Gasteiger charge is -2.20. The van der Waals surface area contributed by atoms with Crippen LogP contribution in [-0.4, -0.2) is 54.4 Å². The van der Waals surface area contributed by atoms with Gasteiger partial charge in [-0.15, -0.1) is 0 Å². The second-order valence-electron chi connectivity index (χ2n) is 10.8. The molecule has 0 spiro atoms. The maximum absolute atomic E-state index is 13.7. The van der Waals surface area contributed by atoms with E-state index in [4.69, 9.17) is 4.74 Å². The van der Waals surface area contributed by atoms with Crippen molar-refractivity contribution in [3.63, 3.8) is 0 Å². The second-order valence-corrected chi connectivity index (χ2v) is 11.7. The topological polar surface area (TPSA) is 117 Å². The maximum Gasteiger partial charge on any atom is 0.407 e. The molecule has 2 rings (SSSR count). The normalized spacial score (nSPS) is 12.3. The van der Waals surface area contributed by atoms with Crippen molar-refractivity contribution < 1.29 is 33.0 Å². The Hall–Kier alpha value is -3.05. The van der Waals surface area contributed by atoms with Gasteiger partial charge in [-0.3, -0.25) is 9.59 Å².